The summed E-state index contributed by atoms with van der Waals surface area (Å²) in [7, 11) is 0. The van der Waals surface area contributed by atoms with E-state index >= 15 is 0 Å². The molecule has 3 rings (SSSR count). The van der Waals surface area contributed by atoms with Gasteiger partial charge in [-0.05, 0) is 53.1 Å². The van der Waals surface area contributed by atoms with Crippen LogP contribution in [0.4, 0.5) is 0 Å². The van der Waals surface area contributed by atoms with Gasteiger partial charge in [0, 0.05) is 10.4 Å². The Balaban J connectivity index is 1.70. The Kier molecular flexibility index (Phi) is 4.35. The number of hydrogen-bond acceptors (Lipinski definition) is 2. The zero-order valence-corrected chi connectivity index (χ0v) is 14.0. The third-order valence-corrected chi connectivity index (χ3v) is 7.29. The Bertz CT molecular complexity index is 465. The van der Waals surface area contributed by atoms with Gasteiger partial charge in [-0.3, -0.25) is 4.79 Å². The predicted molar refractivity (Wildman–Crippen MR) is 84.1 cm³/mol. The number of ketones is 1. The highest BCUT2D eigenvalue weighted by Crippen LogP contribution is 2.44. The summed E-state index contributed by atoms with van der Waals surface area (Å²) in [5.74, 6) is 2.26. The van der Waals surface area contributed by atoms with Gasteiger partial charge in [-0.25, -0.2) is 0 Å². The minimum atomic E-state index is 0.237. The van der Waals surface area contributed by atoms with Crippen molar-refractivity contribution >= 4 is 44.7 Å². The molecule has 2 fully saturated rings. The van der Waals surface area contributed by atoms with E-state index in [1.54, 1.807) is 0 Å². The van der Waals surface area contributed by atoms with Gasteiger partial charge in [0.2, 0.25) is 0 Å². The Morgan fingerprint density at radius 1 is 1.21 bits per heavy atom. The van der Waals surface area contributed by atoms with Crippen molar-refractivity contribution in [3.63, 3.8) is 0 Å². The molecule has 1 nitrogen and oxygen atoms in total. The van der Waals surface area contributed by atoms with Gasteiger partial charge < -0.3 is 0 Å². The standard InChI is InChI=1S/C15H18BrClOS/c16-12-8-13(19-15(12)17)14(18)11-6-5-9-3-1-2-4-10(9)7-11/h8-11H,1-7H2. The first-order valence-electron chi connectivity index (χ1n) is 7.14. The molecule has 0 N–H and O–H groups in total. The van der Waals surface area contributed by atoms with Crippen LogP contribution in [-0.4, -0.2) is 5.78 Å². The van der Waals surface area contributed by atoms with Gasteiger partial charge in [-0.1, -0.05) is 37.3 Å². The minimum absolute atomic E-state index is 0.237. The highest BCUT2D eigenvalue weighted by atomic mass is 79.9. The van der Waals surface area contributed by atoms with E-state index in [-0.39, 0.29) is 5.92 Å². The van der Waals surface area contributed by atoms with E-state index in [0.29, 0.717) is 10.1 Å². The largest absolute Gasteiger partial charge is 0.293 e. The molecule has 104 valence electrons. The van der Waals surface area contributed by atoms with Crippen LogP contribution in [0.2, 0.25) is 4.34 Å². The zero-order valence-electron chi connectivity index (χ0n) is 10.8. The van der Waals surface area contributed by atoms with Crippen molar-refractivity contribution in [2.75, 3.05) is 0 Å². The van der Waals surface area contributed by atoms with Gasteiger partial charge in [-0.15, -0.1) is 11.3 Å². The maximum absolute atomic E-state index is 12.6. The number of carbonyl (C=O) groups excluding carboxylic acids is 1. The summed E-state index contributed by atoms with van der Waals surface area (Å²) >= 11 is 10.8. The van der Waals surface area contributed by atoms with Crippen LogP contribution in [0, 0.1) is 17.8 Å². The first-order valence-corrected chi connectivity index (χ1v) is 9.13. The molecule has 0 saturated heterocycles. The summed E-state index contributed by atoms with van der Waals surface area (Å²) in [6, 6.07) is 1.89. The quantitative estimate of drug-likeness (QED) is 0.594. The summed E-state index contributed by atoms with van der Waals surface area (Å²) in [4.78, 5) is 13.4. The van der Waals surface area contributed by atoms with Crippen LogP contribution < -0.4 is 0 Å². The van der Waals surface area contributed by atoms with Crippen molar-refractivity contribution in [3.05, 3.63) is 19.8 Å². The normalized spacial score (nSPS) is 30.9. The van der Waals surface area contributed by atoms with Crippen LogP contribution in [0.25, 0.3) is 0 Å². The average molecular weight is 362 g/mol. The van der Waals surface area contributed by atoms with Crippen LogP contribution in [0.3, 0.4) is 0 Å². The molecule has 2 aliphatic carbocycles. The summed E-state index contributed by atoms with van der Waals surface area (Å²) in [5.41, 5.74) is 0. The third-order valence-electron chi connectivity index (χ3n) is 4.80. The molecule has 0 aromatic carbocycles. The molecule has 1 heterocycles. The Hall–Kier alpha value is 0.140. The van der Waals surface area contributed by atoms with Crippen molar-refractivity contribution in [1.82, 2.24) is 0 Å². The second-order valence-corrected chi connectivity index (χ2v) is 8.42. The molecule has 0 spiro atoms. The van der Waals surface area contributed by atoms with Crippen LogP contribution in [0.1, 0.15) is 54.6 Å². The highest BCUT2D eigenvalue weighted by Gasteiger charge is 2.35. The molecule has 19 heavy (non-hydrogen) atoms. The van der Waals surface area contributed by atoms with Crippen molar-refractivity contribution in [3.8, 4) is 0 Å². The lowest BCUT2D eigenvalue weighted by Crippen LogP contribution is -2.31. The van der Waals surface area contributed by atoms with Gasteiger partial charge >= 0.3 is 0 Å². The predicted octanol–water partition coefficient (Wildman–Crippen LogP) is 5.95. The van der Waals surface area contributed by atoms with Crippen molar-refractivity contribution in [1.29, 1.82) is 0 Å². The number of hydrogen-bond donors (Lipinski definition) is 0. The topological polar surface area (TPSA) is 17.1 Å². The fourth-order valence-corrected chi connectivity index (χ4v) is 5.50. The Labute approximate surface area is 131 Å². The zero-order chi connectivity index (χ0) is 13.4. The molecular formula is C15H18BrClOS. The summed E-state index contributed by atoms with van der Waals surface area (Å²) in [6.07, 6.45) is 8.92. The van der Waals surface area contributed by atoms with Crippen LogP contribution >= 0.6 is 38.9 Å². The molecule has 0 aliphatic heterocycles. The minimum Gasteiger partial charge on any atom is -0.293 e. The van der Waals surface area contributed by atoms with E-state index in [1.807, 2.05) is 6.07 Å². The lowest BCUT2D eigenvalue weighted by atomic mass is 9.66. The maximum atomic E-state index is 12.6. The van der Waals surface area contributed by atoms with Crippen LogP contribution in [-0.2, 0) is 0 Å². The van der Waals surface area contributed by atoms with Crippen molar-refractivity contribution in [2.45, 2.75) is 44.9 Å². The summed E-state index contributed by atoms with van der Waals surface area (Å²) in [5, 5.41) is 0. The second-order valence-electron chi connectivity index (χ2n) is 5.91. The molecule has 2 aliphatic rings. The lowest BCUT2D eigenvalue weighted by molar-refractivity contribution is 0.0767. The van der Waals surface area contributed by atoms with Gasteiger partial charge in [0.15, 0.2) is 5.78 Å². The second kappa shape index (κ2) is 5.87. The molecule has 0 amide bonds. The smallest absolute Gasteiger partial charge is 0.175 e. The molecule has 1 aromatic rings. The number of carbonyl (C=O) groups is 1. The summed E-state index contributed by atoms with van der Waals surface area (Å²) in [6.45, 7) is 0. The summed E-state index contributed by atoms with van der Waals surface area (Å²) < 4.78 is 1.54. The highest BCUT2D eigenvalue weighted by molar-refractivity contribution is 9.10. The van der Waals surface area contributed by atoms with Crippen LogP contribution in [0.5, 0.6) is 0 Å². The SMILES string of the molecule is O=C(c1cc(Br)c(Cl)s1)C1CCC2CCCCC2C1. The number of rotatable bonds is 2. The van der Waals surface area contributed by atoms with E-state index in [4.69, 9.17) is 11.6 Å². The molecular weight excluding hydrogens is 344 g/mol. The number of fused-ring (bicyclic) bond motifs is 1. The number of Topliss-reactive ketones (excluding diaryl/α,β-unsaturated/α-hetero) is 1. The van der Waals surface area contributed by atoms with E-state index in [9.17, 15) is 4.79 Å². The van der Waals surface area contributed by atoms with Gasteiger partial charge in [0.1, 0.15) is 4.34 Å². The monoisotopic (exact) mass is 360 g/mol. The Morgan fingerprint density at radius 2 is 1.95 bits per heavy atom. The van der Waals surface area contributed by atoms with Gasteiger partial charge in [0.05, 0.1) is 4.88 Å². The Morgan fingerprint density at radius 3 is 2.63 bits per heavy atom. The van der Waals surface area contributed by atoms with E-state index in [2.05, 4.69) is 15.9 Å². The first-order chi connectivity index (χ1) is 9.15. The first kappa shape index (κ1) is 14.1. The fraction of sp³-hybridized carbons (Fsp3) is 0.667. The molecule has 2 saturated carbocycles. The maximum Gasteiger partial charge on any atom is 0.175 e. The lowest BCUT2D eigenvalue weighted by Gasteiger charge is -2.38. The van der Waals surface area contributed by atoms with E-state index < -0.39 is 0 Å². The molecule has 3 atom stereocenters. The van der Waals surface area contributed by atoms with Gasteiger partial charge in [-0.2, -0.15) is 0 Å². The van der Waals surface area contributed by atoms with Gasteiger partial charge in [0.25, 0.3) is 0 Å². The molecule has 0 radical (unpaired) electrons. The number of halogens is 2. The molecule has 4 heteroatoms. The average Bonchev–Trinajstić information content (AvgIpc) is 2.77. The molecule has 3 unspecified atom stereocenters. The fourth-order valence-electron chi connectivity index (χ4n) is 3.78. The number of thiophene rings is 1. The van der Waals surface area contributed by atoms with Crippen molar-refractivity contribution < 1.29 is 4.79 Å². The van der Waals surface area contributed by atoms with Crippen LogP contribution in [0.15, 0.2) is 10.5 Å². The molecule has 1 aromatic heterocycles. The van der Waals surface area contributed by atoms with E-state index in [0.717, 1.165) is 34.0 Å². The third kappa shape index (κ3) is 2.93. The molecule has 0 bridgehead atoms. The van der Waals surface area contributed by atoms with Crippen molar-refractivity contribution in [2.24, 2.45) is 17.8 Å². The van der Waals surface area contributed by atoms with E-state index in [1.165, 1.54) is 43.4 Å².